The first kappa shape index (κ1) is 12.5. The molecular weight excluding hydrogens is 192 g/mol. The first-order valence-corrected chi connectivity index (χ1v) is 5.80. The third kappa shape index (κ3) is 5.74. The molecule has 0 radical (unpaired) electrons. The Morgan fingerprint density at radius 3 is 2.87 bits per heavy atom. The van der Waals surface area contributed by atoms with Gasteiger partial charge in [-0.05, 0) is 12.8 Å². The van der Waals surface area contributed by atoms with E-state index < -0.39 is 0 Å². The molecule has 1 aliphatic heterocycles. The molecule has 1 atom stereocenters. The highest BCUT2D eigenvalue weighted by Gasteiger charge is 2.18. The summed E-state index contributed by atoms with van der Waals surface area (Å²) >= 11 is 0. The van der Waals surface area contributed by atoms with Gasteiger partial charge in [-0.1, -0.05) is 13.8 Å². The van der Waals surface area contributed by atoms with Crippen LogP contribution in [0.3, 0.4) is 0 Å². The maximum atomic E-state index is 11.4. The normalized spacial score (nSPS) is 20.9. The van der Waals surface area contributed by atoms with Crippen LogP contribution in [0, 0.1) is 0 Å². The molecule has 2 N–H and O–H groups in total. The number of nitrogens with one attached hydrogen (secondary N) is 2. The Hall–Kier alpha value is -0.610. The average Bonchev–Trinajstić information content (AvgIpc) is 2.64. The highest BCUT2D eigenvalue weighted by Crippen LogP contribution is 2.14. The summed E-state index contributed by atoms with van der Waals surface area (Å²) < 4.78 is 5.39. The van der Waals surface area contributed by atoms with Crippen LogP contribution in [0.4, 0.5) is 0 Å². The summed E-state index contributed by atoms with van der Waals surface area (Å²) in [6.07, 6.45) is 2.79. The molecule has 0 aliphatic carbocycles. The second kappa shape index (κ2) is 6.80. The van der Waals surface area contributed by atoms with Gasteiger partial charge in [0.25, 0.3) is 0 Å². The number of hydrogen-bond donors (Lipinski definition) is 2. The first-order valence-electron chi connectivity index (χ1n) is 5.80. The Labute approximate surface area is 91.8 Å². The van der Waals surface area contributed by atoms with Gasteiger partial charge in [0.2, 0.25) is 5.91 Å². The Bertz CT molecular complexity index is 189. The lowest BCUT2D eigenvalue weighted by atomic mass is 10.2. The van der Waals surface area contributed by atoms with Gasteiger partial charge in [-0.2, -0.15) is 0 Å². The van der Waals surface area contributed by atoms with Gasteiger partial charge in [0, 0.05) is 25.7 Å². The van der Waals surface area contributed by atoms with Crippen molar-refractivity contribution in [2.24, 2.45) is 0 Å². The van der Waals surface area contributed by atoms with Crippen molar-refractivity contribution in [3.8, 4) is 0 Å². The predicted molar refractivity (Wildman–Crippen MR) is 59.7 cm³/mol. The fraction of sp³-hybridized carbons (Fsp3) is 0.909. The van der Waals surface area contributed by atoms with E-state index in [0.29, 0.717) is 19.0 Å². The van der Waals surface area contributed by atoms with Crippen LogP contribution in [0.1, 0.15) is 33.1 Å². The van der Waals surface area contributed by atoms with Crippen LogP contribution in [0.5, 0.6) is 0 Å². The largest absolute Gasteiger partial charge is 0.378 e. The molecule has 1 amide bonds. The topological polar surface area (TPSA) is 50.4 Å². The lowest BCUT2D eigenvalue weighted by Crippen LogP contribution is -2.35. The number of carbonyl (C=O) groups is 1. The lowest BCUT2D eigenvalue weighted by Gasteiger charge is -2.11. The minimum Gasteiger partial charge on any atom is -0.378 e. The van der Waals surface area contributed by atoms with Crippen LogP contribution in [0.25, 0.3) is 0 Å². The summed E-state index contributed by atoms with van der Waals surface area (Å²) in [5.41, 5.74) is 0. The van der Waals surface area contributed by atoms with E-state index in [2.05, 4.69) is 24.5 Å². The fourth-order valence-electron chi connectivity index (χ4n) is 1.65. The second-order valence-electron chi connectivity index (χ2n) is 4.30. The Balaban J connectivity index is 1.98. The predicted octanol–water partition coefficient (Wildman–Crippen LogP) is 0.670. The molecule has 0 aromatic carbocycles. The van der Waals surface area contributed by atoms with Crippen molar-refractivity contribution in [2.75, 3.05) is 19.7 Å². The van der Waals surface area contributed by atoms with Crippen molar-refractivity contribution in [1.82, 2.24) is 10.6 Å². The van der Waals surface area contributed by atoms with E-state index in [1.807, 2.05) is 0 Å². The molecule has 15 heavy (non-hydrogen) atoms. The quantitative estimate of drug-likeness (QED) is 0.639. The minimum absolute atomic E-state index is 0.104. The van der Waals surface area contributed by atoms with Crippen molar-refractivity contribution in [2.45, 2.75) is 45.3 Å². The molecule has 88 valence electrons. The zero-order valence-corrected chi connectivity index (χ0v) is 9.71. The number of amides is 1. The minimum atomic E-state index is 0.104. The van der Waals surface area contributed by atoms with Gasteiger partial charge in [-0.25, -0.2) is 0 Å². The average molecular weight is 214 g/mol. The van der Waals surface area contributed by atoms with Gasteiger partial charge in [-0.3, -0.25) is 4.79 Å². The molecule has 0 aromatic heterocycles. The zero-order chi connectivity index (χ0) is 11.1. The summed E-state index contributed by atoms with van der Waals surface area (Å²) in [4.78, 5) is 11.4. The van der Waals surface area contributed by atoms with E-state index in [0.717, 1.165) is 26.0 Å². The Morgan fingerprint density at radius 1 is 1.47 bits per heavy atom. The van der Waals surface area contributed by atoms with E-state index in [9.17, 15) is 4.79 Å². The van der Waals surface area contributed by atoms with Gasteiger partial charge in [0.1, 0.15) is 0 Å². The first-order chi connectivity index (χ1) is 7.18. The van der Waals surface area contributed by atoms with Crippen molar-refractivity contribution < 1.29 is 9.53 Å². The highest BCUT2D eigenvalue weighted by molar-refractivity contribution is 5.76. The van der Waals surface area contributed by atoms with E-state index in [-0.39, 0.29) is 12.0 Å². The maximum absolute atomic E-state index is 11.4. The van der Waals surface area contributed by atoms with Crippen molar-refractivity contribution >= 4 is 5.91 Å². The number of rotatable bonds is 6. The second-order valence-corrected chi connectivity index (χ2v) is 4.30. The molecule has 0 spiro atoms. The standard InChI is InChI=1S/C11H22N2O2/c1-9(2)12-5-6-13-11(14)8-10-4-3-7-15-10/h9-10,12H,3-8H2,1-2H3,(H,13,14). The van der Waals surface area contributed by atoms with Crippen LogP contribution >= 0.6 is 0 Å². The van der Waals surface area contributed by atoms with Gasteiger partial charge in [0.15, 0.2) is 0 Å². The molecule has 0 aromatic rings. The summed E-state index contributed by atoms with van der Waals surface area (Å²) in [7, 11) is 0. The fourth-order valence-corrected chi connectivity index (χ4v) is 1.65. The van der Waals surface area contributed by atoms with Crippen molar-refractivity contribution in [3.63, 3.8) is 0 Å². The summed E-state index contributed by atoms with van der Waals surface area (Å²) in [6.45, 7) is 6.52. The summed E-state index contributed by atoms with van der Waals surface area (Å²) in [5.74, 6) is 0.104. The van der Waals surface area contributed by atoms with Crippen LogP contribution < -0.4 is 10.6 Å². The molecule has 1 unspecified atom stereocenters. The van der Waals surface area contributed by atoms with Gasteiger partial charge in [-0.15, -0.1) is 0 Å². The van der Waals surface area contributed by atoms with Gasteiger partial charge >= 0.3 is 0 Å². The molecular formula is C11H22N2O2. The lowest BCUT2D eigenvalue weighted by molar-refractivity contribution is -0.123. The van der Waals surface area contributed by atoms with Crippen LogP contribution in [0.15, 0.2) is 0 Å². The number of ether oxygens (including phenoxy) is 1. The van der Waals surface area contributed by atoms with Gasteiger partial charge in [0.05, 0.1) is 12.5 Å². The molecule has 1 rings (SSSR count). The molecule has 0 saturated carbocycles. The molecule has 1 fully saturated rings. The van der Waals surface area contributed by atoms with E-state index in [1.54, 1.807) is 0 Å². The smallest absolute Gasteiger partial charge is 0.222 e. The Kier molecular flexibility index (Phi) is 5.65. The number of carbonyl (C=O) groups excluding carboxylic acids is 1. The van der Waals surface area contributed by atoms with Crippen LogP contribution in [-0.2, 0) is 9.53 Å². The number of hydrogen-bond acceptors (Lipinski definition) is 3. The van der Waals surface area contributed by atoms with Crippen molar-refractivity contribution in [3.05, 3.63) is 0 Å². The van der Waals surface area contributed by atoms with Crippen molar-refractivity contribution in [1.29, 1.82) is 0 Å². The third-order valence-corrected chi connectivity index (χ3v) is 2.44. The molecule has 1 saturated heterocycles. The summed E-state index contributed by atoms with van der Waals surface area (Å²) in [6, 6.07) is 0.472. The molecule has 0 bridgehead atoms. The zero-order valence-electron chi connectivity index (χ0n) is 9.71. The SMILES string of the molecule is CC(C)NCCNC(=O)CC1CCCO1. The van der Waals surface area contributed by atoms with E-state index in [1.165, 1.54) is 0 Å². The monoisotopic (exact) mass is 214 g/mol. The molecule has 1 aliphatic rings. The van der Waals surface area contributed by atoms with E-state index >= 15 is 0 Å². The maximum Gasteiger partial charge on any atom is 0.222 e. The molecule has 4 heteroatoms. The third-order valence-electron chi connectivity index (χ3n) is 2.44. The van der Waals surface area contributed by atoms with Gasteiger partial charge < -0.3 is 15.4 Å². The van der Waals surface area contributed by atoms with E-state index in [4.69, 9.17) is 4.74 Å². The molecule has 4 nitrogen and oxygen atoms in total. The summed E-state index contributed by atoms with van der Waals surface area (Å²) in [5, 5.41) is 6.13. The van der Waals surface area contributed by atoms with Crippen LogP contribution in [0.2, 0.25) is 0 Å². The highest BCUT2D eigenvalue weighted by atomic mass is 16.5. The molecule has 1 heterocycles. The van der Waals surface area contributed by atoms with Crippen LogP contribution in [-0.4, -0.2) is 37.7 Å². The Morgan fingerprint density at radius 2 is 2.27 bits per heavy atom.